The molecule has 0 aliphatic carbocycles. The maximum Gasteiger partial charge on any atom is 0.255 e. The summed E-state index contributed by atoms with van der Waals surface area (Å²) in [7, 11) is 0. The molecule has 0 radical (unpaired) electrons. The number of nitrogens with zero attached hydrogens (tertiary/aromatic N) is 1. The lowest BCUT2D eigenvalue weighted by molar-refractivity contribution is -0.127. The molecule has 2 amide bonds. The van der Waals surface area contributed by atoms with Gasteiger partial charge in [0, 0.05) is 17.6 Å². The summed E-state index contributed by atoms with van der Waals surface area (Å²) in [6, 6.07) is 21.9. The molecule has 3 aromatic carbocycles. The minimum Gasteiger partial charge on any atom is -0.486 e. The van der Waals surface area contributed by atoms with Gasteiger partial charge in [0.05, 0.1) is 0 Å². The Morgan fingerprint density at radius 3 is 2.28 bits per heavy atom. The average molecular weight is 487 g/mol. The van der Waals surface area contributed by atoms with Gasteiger partial charge in [0.2, 0.25) is 5.91 Å². The Labute approximate surface area is 213 Å². The van der Waals surface area contributed by atoms with E-state index in [4.69, 9.17) is 9.47 Å². The lowest BCUT2D eigenvalue weighted by Gasteiger charge is -2.35. The third kappa shape index (κ3) is 5.88. The van der Waals surface area contributed by atoms with Gasteiger partial charge in [-0.2, -0.15) is 0 Å². The molecule has 0 aromatic heterocycles. The van der Waals surface area contributed by atoms with E-state index >= 15 is 0 Å². The van der Waals surface area contributed by atoms with Crippen LogP contribution in [-0.2, 0) is 11.3 Å². The summed E-state index contributed by atoms with van der Waals surface area (Å²) in [4.78, 5) is 29.6. The Morgan fingerprint density at radius 2 is 1.61 bits per heavy atom. The first kappa shape index (κ1) is 25.3. The van der Waals surface area contributed by atoms with Crippen molar-refractivity contribution in [2.24, 2.45) is 0 Å². The van der Waals surface area contributed by atoms with E-state index in [1.807, 2.05) is 82.3 Å². The molecule has 1 aliphatic rings. The highest BCUT2D eigenvalue weighted by atomic mass is 16.6. The van der Waals surface area contributed by atoms with Crippen molar-refractivity contribution in [3.8, 4) is 11.5 Å². The molecule has 1 atom stereocenters. The summed E-state index contributed by atoms with van der Waals surface area (Å²) >= 11 is 0. The fourth-order valence-corrected chi connectivity index (χ4v) is 4.11. The number of nitrogens with one attached hydrogen (secondary N) is 1. The SMILES string of the molecule is CCC(C)(C)NC(=O)C(c1ccc(C)cc1)N(Cc1ccccc1)C(=O)c1ccc2c(c1)OCCO2. The quantitative estimate of drug-likeness (QED) is 0.459. The highest BCUT2D eigenvalue weighted by Crippen LogP contribution is 2.33. The normalized spacial score (nSPS) is 13.6. The first-order chi connectivity index (χ1) is 17.3. The smallest absolute Gasteiger partial charge is 0.255 e. The van der Waals surface area contributed by atoms with E-state index in [9.17, 15) is 9.59 Å². The number of rotatable bonds is 8. The minimum atomic E-state index is -0.822. The van der Waals surface area contributed by atoms with E-state index in [1.54, 1.807) is 23.1 Å². The zero-order valence-electron chi connectivity index (χ0n) is 21.4. The third-order valence-corrected chi connectivity index (χ3v) is 6.54. The summed E-state index contributed by atoms with van der Waals surface area (Å²) < 4.78 is 11.4. The molecule has 1 heterocycles. The molecule has 36 heavy (non-hydrogen) atoms. The maximum atomic E-state index is 14.1. The Hall–Kier alpha value is -3.80. The van der Waals surface area contributed by atoms with Gasteiger partial charge in [-0.15, -0.1) is 0 Å². The summed E-state index contributed by atoms with van der Waals surface area (Å²) in [5, 5.41) is 3.16. The van der Waals surface area contributed by atoms with Gasteiger partial charge in [-0.05, 0) is 56.5 Å². The number of fused-ring (bicyclic) bond motifs is 1. The van der Waals surface area contributed by atoms with Crippen molar-refractivity contribution in [2.45, 2.75) is 52.2 Å². The molecular weight excluding hydrogens is 452 g/mol. The van der Waals surface area contributed by atoms with E-state index in [0.717, 1.165) is 23.1 Å². The molecule has 6 nitrogen and oxygen atoms in total. The second-order valence-corrected chi connectivity index (χ2v) is 9.82. The number of aryl methyl sites for hydroxylation is 1. The lowest BCUT2D eigenvalue weighted by Crippen LogP contribution is -2.50. The fraction of sp³-hybridized carbons (Fsp3) is 0.333. The van der Waals surface area contributed by atoms with E-state index < -0.39 is 11.6 Å². The molecule has 0 saturated heterocycles. The molecule has 0 spiro atoms. The number of hydrogen-bond donors (Lipinski definition) is 1. The van der Waals surface area contributed by atoms with Gasteiger partial charge in [-0.25, -0.2) is 0 Å². The predicted octanol–water partition coefficient (Wildman–Crippen LogP) is 5.45. The number of carbonyl (C=O) groups is 2. The van der Waals surface area contributed by atoms with Crippen LogP contribution in [-0.4, -0.2) is 35.5 Å². The Balaban J connectivity index is 1.79. The van der Waals surface area contributed by atoms with Crippen molar-refractivity contribution in [3.05, 3.63) is 95.1 Å². The topological polar surface area (TPSA) is 67.9 Å². The third-order valence-electron chi connectivity index (χ3n) is 6.54. The van der Waals surface area contributed by atoms with Crippen molar-refractivity contribution >= 4 is 11.8 Å². The van der Waals surface area contributed by atoms with Crippen LogP contribution in [0.3, 0.4) is 0 Å². The van der Waals surface area contributed by atoms with E-state index in [0.29, 0.717) is 30.3 Å². The van der Waals surface area contributed by atoms with Crippen LogP contribution in [0, 0.1) is 6.92 Å². The van der Waals surface area contributed by atoms with E-state index in [-0.39, 0.29) is 18.4 Å². The van der Waals surface area contributed by atoms with E-state index in [1.165, 1.54) is 0 Å². The van der Waals surface area contributed by atoms with Crippen molar-refractivity contribution < 1.29 is 19.1 Å². The summed E-state index contributed by atoms with van der Waals surface area (Å²) in [5.74, 6) is 0.679. The Kier molecular flexibility index (Phi) is 7.63. The molecule has 4 rings (SSSR count). The molecule has 188 valence electrons. The highest BCUT2D eigenvalue weighted by Gasteiger charge is 2.35. The second-order valence-electron chi connectivity index (χ2n) is 9.82. The first-order valence-corrected chi connectivity index (χ1v) is 12.4. The van der Waals surface area contributed by atoms with Crippen molar-refractivity contribution in [2.75, 3.05) is 13.2 Å². The number of ether oxygens (including phenoxy) is 2. The number of amides is 2. The molecule has 6 heteroatoms. The zero-order valence-corrected chi connectivity index (χ0v) is 21.4. The van der Waals surface area contributed by atoms with Gasteiger partial charge in [0.1, 0.15) is 19.3 Å². The van der Waals surface area contributed by atoms with Crippen LogP contribution >= 0.6 is 0 Å². The molecule has 1 aliphatic heterocycles. The van der Waals surface area contributed by atoms with Crippen LogP contribution in [0.5, 0.6) is 11.5 Å². The molecule has 1 N–H and O–H groups in total. The molecule has 0 fully saturated rings. The molecule has 0 bridgehead atoms. The predicted molar refractivity (Wildman–Crippen MR) is 140 cm³/mol. The van der Waals surface area contributed by atoms with Crippen LogP contribution in [0.4, 0.5) is 0 Å². The second kappa shape index (κ2) is 10.9. The standard InChI is InChI=1S/C30H34N2O4/c1-5-30(3,4)31-28(33)27(23-13-11-21(2)12-14-23)32(20-22-9-7-6-8-10-22)29(34)24-15-16-25-26(19-24)36-18-17-35-25/h6-16,19,27H,5,17-18,20H2,1-4H3,(H,31,33). The Bertz CT molecular complexity index is 1210. The summed E-state index contributed by atoms with van der Waals surface area (Å²) in [6.07, 6.45) is 0.758. The minimum absolute atomic E-state index is 0.215. The van der Waals surface area contributed by atoms with Gasteiger partial charge < -0.3 is 19.7 Å². The summed E-state index contributed by atoms with van der Waals surface area (Å²) in [6.45, 7) is 9.18. The maximum absolute atomic E-state index is 14.1. The Morgan fingerprint density at radius 1 is 0.944 bits per heavy atom. The van der Waals surface area contributed by atoms with Crippen LogP contribution in [0.25, 0.3) is 0 Å². The van der Waals surface area contributed by atoms with Gasteiger partial charge in [0.25, 0.3) is 5.91 Å². The molecule has 3 aromatic rings. The molecule has 1 unspecified atom stereocenters. The summed E-state index contributed by atoms with van der Waals surface area (Å²) in [5.41, 5.74) is 2.79. The van der Waals surface area contributed by atoms with Gasteiger partial charge >= 0.3 is 0 Å². The first-order valence-electron chi connectivity index (χ1n) is 12.4. The monoisotopic (exact) mass is 486 g/mol. The van der Waals surface area contributed by atoms with Crippen molar-refractivity contribution in [1.82, 2.24) is 10.2 Å². The number of carbonyl (C=O) groups excluding carboxylic acids is 2. The average Bonchev–Trinajstić information content (AvgIpc) is 2.89. The zero-order chi connectivity index (χ0) is 25.7. The van der Waals surface area contributed by atoms with Crippen LogP contribution in [0.2, 0.25) is 0 Å². The fourth-order valence-electron chi connectivity index (χ4n) is 4.11. The largest absolute Gasteiger partial charge is 0.486 e. The van der Waals surface area contributed by atoms with Crippen molar-refractivity contribution in [1.29, 1.82) is 0 Å². The van der Waals surface area contributed by atoms with Crippen LogP contribution in [0.15, 0.2) is 72.8 Å². The molecule has 0 saturated carbocycles. The number of benzene rings is 3. The van der Waals surface area contributed by atoms with Crippen LogP contribution < -0.4 is 14.8 Å². The lowest BCUT2D eigenvalue weighted by atomic mass is 9.97. The van der Waals surface area contributed by atoms with E-state index in [2.05, 4.69) is 5.32 Å². The van der Waals surface area contributed by atoms with Gasteiger partial charge in [-0.1, -0.05) is 67.1 Å². The van der Waals surface area contributed by atoms with Gasteiger partial charge in [0.15, 0.2) is 11.5 Å². The van der Waals surface area contributed by atoms with Gasteiger partial charge in [-0.3, -0.25) is 9.59 Å². The highest BCUT2D eigenvalue weighted by molar-refractivity contribution is 5.98. The van der Waals surface area contributed by atoms with Crippen molar-refractivity contribution in [3.63, 3.8) is 0 Å². The number of hydrogen-bond acceptors (Lipinski definition) is 4. The molecular formula is C30H34N2O4. The van der Waals surface area contributed by atoms with Crippen LogP contribution in [0.1, 0.15) is 60.3 Å².